The van der Waals surface area contributed by atoms with E-state index >= 15 is 0 Å². The Morgan fingerprint density at radius 2 is 0.976 bits per heavy atom. The number of rotatable bonds is 8. The van der Waals surface area contributed by atoms with Crippen molar-refractivity contribution in [1.29, 1.82) is 0 Å². The number of thioether (sulfide) groups is 1. The van der Waals surface area contributed by atoms with Crippen LogP contribution in [-0.4, -0.2) is 5.25 Å². The maximum atomic E-state index is 7.50. The SMILES string of the molecule is C1=CCC[C@@H](Sc2ccccc2)C=C1.[C-]#[O+].[C-]#[O+].[Fe].c1ccc(OP(Oc2ccccc2)Oc2ccccc2)cc1. The number of hydrogen-bond acceptors (Lipinski definition) is 4. The molecule has 0 heterocycles. The largest absolute Gasteiger partial charge is 0.530 e. The van der Waals surface area contributed by atoms with Gasteiger partial charge in [-0.15, -0.1) is 11.8 Å². The molecule has 1 atom stereocenters. The molecule has 210 valence electrons. The van der Waals surface area contributed by atoms with Gasteiger partial charge in [-0.25, -0.2) is 0 Å². The normalized spacial score (nSPS) is 12.7. The number of hydrogen-bond donors (Lipinski definition) is 0. The van der Waals surface area contributed by atoms with Gasteiger partial charge in [-0.3, -0.25) is 0 Å². The third-order valence-electron chi connectivity index (χ3n) is 4.99. The van der Waals surface area contributed by atoms with Crippen molar-refractivity contribution in [3.05, 3.63) is 159 Å². The van der Waals surface area contributed by atoms with E-state index in [1.165, 1.54) is 17.7 Å². The number of benzene rings is 4. The van der Waals surface area contributed by atoms with Crippen LogP contribution in [0.1, 0.15) is 12.8 Å². The van der Waals surface area contributed by atoms with Crippen LogP contribution in [0.3, 0.4) is 0 Å². The second-order valence-electron chi connectivity index (χ2n) is 7.80. The van der Waals surface area contributed by atoms with E-state index < -0.39 is 8.60 Å². The van der Waals surface area contributed by atoms with Crippen molar-refractivity contribution in [3.8, 4) is 17.2 Å². The third kappa shape index (κ3) is 15.2. The van der Waals surface area contributed by atoms with Gasteiger partial charge in [0.25, 0.3) is 0 Å². The number of allylic oxidation sites excluding steroid dienone is 3. The molecule has 0 saturated carbocycles. The molecule has 0 saturated heterocycles. The summed E-state index contributed by atoms with van der Waals surface area (Å²) in [6.45, 7) is 9.00. The van der Waals surface area contributed by atoms with Crippen LogP contribution in [0.5, 0.6) is 17.2 Å². The topological polar surface area (TPSA) is 67.5 Å². The Morgan fingerprint density at radius 3 is 1.39 bits per heavy atom. The average Bonchev–Trinajstić information content (AvgIpc) is 3.30. The molecular weight excluding hydrogens is 595 g/mol. The fraction of sp³-hybridized carbons (Fsp3) is 0.0909. The summed E-state index contributed by atoms with van der Waals surface area (Å²) >= 11 is 1.95. The first-order chi connectivity index (χ1) is 19.8. The van der Waals surface area contributed by atoms with Crippen molar-refractivity contribution in [2.24, 2.45) is 0 Å². The summed E-state index contributed by atoms with van der Waals surface area (Å²) in [7, 11) is -1.59. The molecule has 5 nitrogen and oxygen atoms in total. The Morgan fingerprint density at radius 1 is 0.585 bits per heavy atom. The molecule has 0 unspecified atom stereocenters. The van der Waals surface area contributed by atoms with Gasteiger partial charge >= 0.3 is 31.2 Å². The summed E-state index contributed by atoms with van der Waals surface area (Å²) in [6, 6.07) is 39.1. The van der Waals surface area contributed by atoms with E-state index in [0.717, 1.165) is 0 Å². The molecule has 4 aromatic carbocycles. The zero-order chi connectivity index (χ0) is 28.7. The van der Waals surface area contributed by atoms with E-state index in [4.69, 9.17) is 22.9 Å². The van der Waals surface area contributed by atoms with Gasteiger partial charge < -0.3 is 13.6 Å². The Hall–Kier alpha value is -3.46. The van der Waals surface area contributed by atoms with Crippen LogP contribution in [0.15, 0.2) is 151 Å². The van der Waals surface area contributed by atoms with E-state index in [1.807, 2.05) is 103 Å². The van der Waals surface area contributed by atoms with Gasteiger partial charge in [0.1, 0.15) is 17.2 Å². The summed E-state index contributed by atoms with van der Waals surface area (Å²) in [4.78, 5) is 1.36. The quantitative estimate of drug-likeness (QED) is 0.0848. The maximum absolute atomic E-state index is 7.50. The van der Waals surface area contributed by atoms with Crippen LogP contribution in [0, 0.1) is 13.3 Å². The molecule has 8 heteroatoms. The Kier molecular flexibility index (Phi) is 20.2. The number of para-hydroxylation sites is 3. The van der Waals surface area contributed by atoms with E-state index in [-0.39, 0.29) is 17.1 Å². The monoisotopic (exact) mass is 624 g/mol. The third-order valence-corrected chi connectivity index (χ3v) is 7.31. The Bertz CT molecular complexity index is 1180. The minimum atomic E-state index is -1.59. The molecule has 0 radical (unpaired) electrons. The molecule has 0 N–H and O–H groups in total. The van der Waals surface area contributed by atoms with Crippen LogP contribution in [0.4, 0.5) is 0 Å². The van der Waals surface area contributed by atoms with Crippen LogP contribution >= 0.6 is 20.4 Å². The molecular formula is C33H29FeO5PS. The van der Waals surface area contributed by atoms with Gasteiger partial charge in [0.05, 0.1) is 0 Å². The van der Waals surface area contributed by atoms with E-state index in [9.17, 15) is 0 Å². The Labute approximate surface area is 258 Å². The molecule has 0 bridgehead atoms. The van der Waals surface area contributed by atoms with E-state index in [2.05, 4.69) is 67.9 Å². The fourth-order valence-electron chi connectivity index (χ4n) is 3.25. The predicted molar refractivity (Wildman–Crippen MR) is 160 cm³/mol. The summed E-state index contributed by atoms with van der Waals surface area (Å²) in [5.41, 5.74) is 0. The zero-order valence-electron chi connectivity index (χ0n) is 22.1. The van der Waals surface area contributed by atoms with Gasteiger partial charge in [-0.1, -0.05) is 97.1 Å². The fourth-order valence-corrected chi connectivity index (χ4v) is 5.33. The van der Waals surface area contributed by atoms with Crippen LogP contribution in [0.25, 0.3) is 0 Å². The second-order valence-corrected chi connectivity index (χ2v) is 10.1. The standard InChI is InChI=1S/C18H15O3P.C13H14S.2CO.Fe/c1-4-10-16(11-5-1)19-22(20-17-12-6-2-7-13-17)21-18-14-8-3-9-15-18;1-2-5-9-12(8-4-1)14-13-10-6-3-7-11-13;2*1-2;/h1-15H;1-4,6-8,10-12H,5,9H2;;;/t;12-;;;/m.0.../s1. The molecule has 1 aliphatic carbocycles. The molecule has 0 aliphatic heterocycles. The predicted octanol–water partition coefficient (Wildman–Crippen LogP) is 9.43. The van der Waals surface area contributed by atoms with Crippen molar-refractivity contribution in [2.45, 2.75) is 23.0 Å². The van der Waals surface area contributed by atoms with Crippen molar-refractivity contribution in [2.75, 3.05) is 0 Å². The Balaban J connectivity index is 0.000000383. The molecule has 0 fully saturated rings. The smallest absolute Gasteiger partial charge is 0.409 e. The van der Waals surface area contributed by atoms with E-state index in [0.29, 0.717) is 22.5 Å². The van der Waals surface area contributed by atoms with Gasteiger partial charge in [-0.05, 0) is 61.4 Å². The summed E-state index contributed by atoms with van der Waals surface area (Å²) < 4.78 is 32.5. The molecule has 0 amide bonds. The molecule has 5 rings (SSSR count). The molecule has 0 aromatic heterocycles. The molecule has 4 aromatic rings. The average molecular weight is 624 g/mol. The first-order valence-electron chi connectivity index (χ1n) is 12.3. The zero-order valence-corrected chi connectivity index (χ0v) is 24.9. The van der Waals surface area contributed by atoms with Gasteiger partial charge in [0.15, 0.2) is 0 Å². The molecule has 1 aliphatic rings. The van der Waals surface area contributed by atoms with Crippen LogP contribution < -0.4 is 13.6 Å². The molecule has 0 spiro atoms. The van der Waals surface area contributed by atoms with Crippen molar-refractivity contribution < 1.29 is 39.9 Å². The van der Waals surface area contributed by atoms with Crippen molar-refractivity contribution >= 4 is 20.4 Å². The first-order valence-corrected chi connectivity index (χ1v) is 14.3. The summed E-state index contributed by atoms with van der Waals surface area (Å²) in [5, 5.41) is 0.632. The van der Waals surface area contributed by atoms with Crippen LogP contribution in [-0.2, 0) is 26.4 Å². The van der Waals surface area contributed by atoms with Crippen molar-refractivity contribution in [1.82, 2.24) is 0 Å². The first kappa shape index (κ1) is 35.6. The minimum absolute atomic E-state index is 0. The minimum Gasteiger partial charge on any atom is -0.409 e. The van der Waals surface area contributed by atoms with Gasteiger partial charge in [-0.2, -0.15) is 0 Å². The second kappa shape index (κ2) is 23.3. The van der Waals surface area contributed by atoms with Gasteiger partial charge in [0.2, 0.25) is 0 Å². The molecule has 41 heavy (non-hydrogen) atoms. The summed E-state index contributed by atoms with van der Waals surface area (Å²) in [5.74, 6) is 2.13. The maximum Gasteiger partial charge on any atom is 0.530 e. The van der Waals surface area contributed by atoms with Crippen molar-refractivity contribution in [3.63, 3.8) is 0 Å². The van der Waals surface area contributed by atoms with Gasteiger partial charge in [0, 0.05) is 27.2 Å². The van der Waals surface area contributed by atoms with Crippen LogP contribution in [0.2, 0.25) is 0 Å². The van der Waals surface area contributed by atoms with E-state index in [1.54, 1.807) is 0 Å². The summed E-state index contributed by atoms with van der Waals surface area (Å²) in [6.07, 6.45) is 11.3.